The van der Waals surface area contributed by atoms with Crippen molar-refractivity contribution >= 4 is 22.0 Å². The third kappa shape index (κ3) is 2.61. The lowest BCUT2D eigenvalue weighted by molar-refractivity contribution is 0.0686. The first-order valence-electron chi connectivity index (χ1n) is 6.12. The fraction of sp³-hybridized carbons (Fsp3) is 0.364. The van der Waals surface area contributed by atoms with E-state index < -0.39 is 16.0 Å². The Balaban J connectivity index is 1.85. The average Bonchev–Trinajstić information content (AvgIpc) is 3.01. The minimum atomic E-state index is -3.97. The van der Waals surface area contributed by atoms with E-state index in [1.165, 1.54) is 17.8 Å². The molecule has 0 saturated heterocycles. The molecule has 3 rings (SSSR count). The van der Waals surface area contributed by atoms with Gasteiger partial charge >= 0.3 is 12.0 Å². The highest BCUT2D eigenvalue weighted by Gasteiger charge is 2.30. The quantitative estimate of drug-likeness (QED) is 0.835. The summed E-state index contributed by atoms with van der Waals surface area (Å²) in [6.45, 7) is 0. The molecule has 1 saturated carbocycles. The van der Waals surface area contributed by atoms with Crippen molar-refractivity contribution in [3.05, 3.63) is 23.8 Å². The van der Waals surface area contributed by atoms with Crippen molar-refractivity contribution in [3.8, 4) is 0 Å². The third-order valence-corrected chi connectivity index (χ3v) is 4.39. The van der Waals surface area contributed by atoms with E-state index in [1.54, 1.807) is 0 Å². The highest BCUT2D eigenvalue weighted by atomic mass is 32.2. The number of aromatic carboxylic acids is 1. The van der Waals surface area contributed by atoms with E-state index in [0.717, 1.165) is 18.9 Å². The average molecular weight is 312 g/mol. The van der Waals surface area contributed by atoms with E-state index in [2.05, 4.69) is 14.9 Å². The standard InChI is InChI=1S/C11H12N4O5S/c1-15-5-7(4-8(15)10(16)17)21(18,19)14-11-13-12-9(20-11)6-2-3-6/h4-6H,2-3H2,1H3,(H,13,14)(H,16,17). The zero-order valence-electron chi connectivity index (χ0n) is 11.0. The molecule has 1 aliphatic rings. The predicted molar refractivity (Wildman–Crippen MR) is 69.5 cm³/mol. The van der Waals surface area contributed by atoms with Gasteiger partial charge in [-0.2, -0.15) is 0 Å². The molecule has 10 heteroatoms. The molecule has 2 aromatic rings. The van der Waals surface area contributed by atoms with Gasteiger partial charge in [0.1, 0.15) is 10.6 Å². The number of anilines is 1. The third-order valence-electron chi connectivity index (χ3n) is 3.10. The van der Waals surface area contributed by atoms with Crippen LogP contribution in [0.5, 0.6) is 0 Å². The Morgan fingerprint density at radius 2 is 2.19 bits per heavy atom. The van der Waals surface area contributed by atoms with Gasteiger partial charge in [-0.1, -0.05) is 5.10 Å². The molecule has 112 valence electrons. The van der Waals surface area contributed by atoms with Crippen LogP contribution in [0.4, 0.5) is 6.01 Å². The van der Waals surface area contributed by atoms with Gasteiger partial charge in [-0.05, 0) is 18.9 Å². The topological polar surface area (TPSA) is 127 Å². The molecule has 2 heterocycles. The molecular weight excluding hydrogens is 300 g/mol. The lowest BCUT2D eigenvalue weighted by Crippen LogP contribution is -2.12. The number of aromatic nitrogens is 3. The Morgan fingerprint density at radius 1 is 1.48 bits per heavy atom. The van der Waals surface area contributed by atoms with Gasteiger partial charge in [0.15, 0.2) is 0 Å². The number of hydrogen-bond acceptors (Lipinski definition) is 6. The van der Waals surface area contributed by atoms with Crippen molar-refractivity contribution in [2.45, 2.75) is 23.7 Å². The maximum atomic E-state index is 12.1. The van der Waals surface area contributed by atoms with Crippen LogP contribution >= 0.6 is 0 Å². The molecule has 0 bridgehead atoms. The molecule has 1 fully saturated rings. The van der Waals surface area contributed by atoms with Crippen molar-refractivity contribution < 1.29 is 22.7 Å². The fourth-order valence-electron chi connectivity index (χ4n) is 1.84. The molecule has 0 radical (unpaired) electrons. The fourth-order valence-corrected chi connectivity index (χ4v) is 2.83. The van der Waals surface area contributed by atoms with Crippen LogP contribution in [0, 0.1) is 0 Å². The zero-order chi connectivity index (χ0) is 15.2. The highest BCUT2D eigenvalue weighted by Crippen LogP contribution is 2.39. The van der Waals surface area contributed by atoms with Crippen LogP contribution in [0.1, 0.15) is 35.1 Å². The molecule has 9 nitrogen and oxygen atoms in total. The van der Waals surface area contributed by atoms with Crippen molar-refractivity contribution in [2.24, 2.45) is 7.05 Å². The number of carboxylic acid groups (broad SMARTS) is 1. The van der Waals surface area contributed by atoms with E-state index >= 15 is 0 Å². The van der Waals surface area contributed by atoms with Gasteiger partial charge in [0.2, 0.25) is 5.89 Å². The molecule has 2 N–H and O–H groups in total. The summed E-state index contributed by atoms with van der Waals surface area (Å²) in [5.41, 5.74) is -0.139. The highest BCUT2D eigenvalue weighted by molar-refractivity contribution is 7.92. The van der Waals surface area contributed by atoms with Gasteiger partial charge in [-0.3, -0.25) is 0 Å². The number of aryl methyl sites for hydroxylation is 1. The summed E-state index contributed by atoms with van der Waals surface area (Å²) in [4.78, 5) is 10.7. The maximum absolute atomic E-state index is 12.1. The lowest BCUT2D eigenvalue weighted by Gasteiger charge is -2.00. The van der Waals surface area contributed by atoms with Gasteiger partial charge in [-0.25, -0.2) is 17.9 Å². The number of hydrogen-bond donors (Lipinski definition) is 2. The summed E-state index contributed by atoms with van der Waals surface area (Å²) in [5.74, 6) is -0.592. The first-order valence-corrected chi connectivity index (χ1v) is 7.61. The SMILES string of the molecule is Cn1cc(S(=O)(=O)Nc2nnc(C3CC3)o2)cc1C(=O)O. The Hall–Kier alpha value is -2.36. The maximum Gasteiger partial charge on any atom is 0.352 e. The molecule has 0 aromatic carbocycles. The van der Waals surface area contributed by atoms with E-state index in [-0.39, 0.29) is 22.5 Å². The minimum Gasteiger partial charge on any atom is -0.477 e. The van der Waals surface area contributed by atoms with Crippen molar-refractivity contribution in [1.82, 2.24) is 14.8 Å². The number of rotatable bonds is 5. The molecular formula is C11H12N4O5S. The molecule has 0 amide bonds. The molecule has 0 aliphatic heterocycles. The monoisotopic (exact) mass is 312 g/mol. The van der Waals surface area contributed by atoms with Crippen LogP contribution in [-0.2, 0) is 17.1 Å². The summed E-state index contributed by atoms with van der Waals surface area (Å²) in [5, 5.41) is 16.3. The molecule has 2 aromatic heterocycles. The summed E-state index contributed by atoms with van der Waals surface area (Å²) in [6, 6.07) is 0.834. The van der Waals surface area contributed by atoms with E-state index in [4.69, 9.17) is 9.52 Å². The van der Waals surface area contributed by atoms with E-state index in [9.17, 15) is 13.2 Å². The Morgan fingerprint density at radius 3 is 2.76 bits per heavy atom. The Kier molecular flexibility index (Phi) is 2.97. The van der Waals surface area contributed by atoms with Gasteiger partial charge in [-0.15, -0.1) is 5.10 Å². The van der Waals surface area contributed by atoms with Gasteiger partial charge in [0.05, 0.1) is 0 Å². The number of sulfonamides is 1. The molecule has 21 heavy (non-hydrogen) atoms. The summed E-state index contributed by atoms with van der Waals surface area (Å²) in [7, 11) is -2.53. The van der Waals surface area contributed by atoms with Crippen LogP contribution in [0.2, 0.25) is 0 Å². The Labute approximate surface area is 119 Å². The number of nitrogens with one attached hydrogen (secondary N) is 1. The molecule has 1 aliphatic carbocycles. The lowest BCUT2D eigenvalue weighted by atomic mass is 10.4. The van der Waals surface area contributed by atoms with Crippen LogP contribution in [0.3, 0.4) is 0 Å². The van der Waals surface area contributed by atoms with E-state index in [1.807, 2.05) is 0 Å². The van der Waals surface area contributed by atoms with E-state index in [0.29, 0.717) is 5.89 Å². The van der Waals surface area contributed by atoms with Gasteiger partial charge in [0.25, 0.3) is 10.0 Å². The van der Waals surface area contributed by atoms with Crippen LogP contribution in [-0.4, -0.2) is 34.3 Å². The van der Waals surface area contributed by atoms with Crippen LogP contribution in [0.15, 0.2) is 21.6 Å². The number of carbonyl (C=O) groups is 1. The number of carboxylic acids is 1. The zero-order valence-corrected chi connectivity index (χ0v) is 11.8. The second kappa shape index (κ2) is 4.58. The number of nitrogens with zero attached hydrogens (tertiary/aromatic N) is 3. The van der Waals surface area contributed by atoms with Crippen molar-refractivity contribution in [1.29, 1.82) is 0 Å². The Bertz CT molecular complexity index is 802. The first kappa shape index (κ1) is 13.6. The molecule has 0 spiro atoms. The van der Waals surface area contributed by atoms with Crippen LogP contribution in [0.25, 0.3) is 0 Å². The molecule has 0 atom stereocenters. The van der Waals surface area contributed by atoms with Gasteiger partial charge in [0, 0.05) is 19.2 Å². The van der Waals surface area contributed by atoms with Crippen molar-refractivity contribution in [2.75, 3.05) is 4.72 Å². The normalized spacial score (nSPS) is 15.1. The summed E-state index contributed by atoms with van der Waals surface area (Å²) in [6.07, 6.45) is 3.11. The predicted octanol–water partition coefficient (Wildman–Crippen LogP) is 0.784. The van der Waals surface area contributed by atoms with Crippen molar-refractivity contribution in [3.63, 3.8) is 0 Å². The van der Waals surface area contributed by atoms with Crippen LogP contribution < -0.4 is 4.72 Å². The summed E-state index contributed by atoms with van der Waals surface area (Å²) >= 11 is 0. The first-order chi connectivity index (χ1) is 9.87. The minimum absolute atomic E-state index is 0.139. The molecule has 0 unspecified atom stereocenters. The second-order valence-corrected chi connectivity index (χ2v) is 6.48. The smallest absolute Gasteiger partial charge is 0.352 e. The largest absolute Gasteiger partial charge is 0.477 e. The second-order valence-electron chi connectivity index (χ2n) is 4.80. The summed E-state index contributed by atoms with van der Waals surface area (Å²) < 4.78 is 32.8. The van der Waals surface area contributed by atoms with Gasteiger partial charge < -0.3 is 14.1 Å².